The summed E-state index contributed by atoms with van der Waals surface area (Å²) < 4.78 is 0.899. The van der Waals surface area contributed by atoms with Crippen molar-refractivity contribution >= 4 is 28.4 Å². The van der Waals surface area contributed by atoms with Crippen LogP contribution in [0, 0.1) is 3.57 Å². The van der Waals surface area contributed by atoms with Gasteiger partial charge < -0.3 is 5.73 Å². The van der Waals surface area contributed by atoms with Gasteiger partial charge in [0, 0.05) is 0 Å². The zero-order valence-corrected chi connectivity index (χ0v) is 11.1. The van der Waals surface area contributed by atoms with Gasteiger partial charge in [-0.3, -0.25) is 5.10 Å². The van der Waals surface area contributed by atoms with E-state index in [2.05, 4.69) is 61.6 Å². The van der Waals surface area contributed by atoms with Crippen molar-refractivity contribution in [1.29, 1.82) is 0 Å². The van der Waals surface area contributed by atoms with E-state index in [1.165, 1.54) is 6.33 Å². The summed E-state index contributed by atoms with van der Waals surface area (Å²) in [5.41, 5.74) is 6.77. The van der Waals surface area contributed by atoms with E-state index in [0.29, 0.717) is 23.4 Å². The summed E-state index contributed by atoms with van der Waals surface area (Å²) in [6.45, 7) is 4.13. The van der Waals surface area contributed by atoms with Crippen LogP contribution in [0.1, 0.15) is 25.5 Å². The molecule has 0 aliphatic carbocycles. The number of H-pyrrole nitrogens is 1. The lowest BCUT2D eigenvalue weighted by Crippen LogP contribution is -2.06. The van der Waals surface area contributed by atoms with Crippen LogP contribution in [0.2, 0.25) is 0 Å². The van der Waals surface area contributed by atoms with Crippen LogP contribution in [-0.4, -0.2) is 25.1 Å². The van der Waals surface area contributed by atoms with Crippen LogP contribution in [0.25, 0.3) is 11.6 Å². The number of rotatable bonds is 2. The Labute approximate surface area is 106 Å². The molecule has 2 heterocycles. The molecule has 0 atom stereocenters. The first-order chi connectivity index (χ1) is 7.59. The number of aromatic amines is 1. The van der Waals surface area contributed by atoms with E-state index in [4.69, 9.17) is 5.73 Å². The Morgan fingerprint density at radius 1 is 1.38 bits per heavy atom. The second-order valence-electron chi connectivity index (χ2n) is 3.62. The molecule has 0 radical (unpaired) electrons. The number of hydrogen-bond donors (Lipinski definition) is 2. The molecule has 3 N–H and O–H groups in total. The van der Waals surface area contributed by atoms with E-state index in [0.717, 1.165) is 9.26 Å². The van der Waals surface area contributed by atoms with Gasteiger partial charge in [0.2, 0.25) is 0 Å². The fourth-order valence-corrected chi connectivity index (χ4v) is 2.15. The molecule has 2 rings (SSSR count). The zero-order chi connectivity index (χ0) is 11.7. The van der Waals surface area contributed by atoms with Crippen LogP contribution in [0.15, 0.2) is 6.33 Å². The molecule has 0 saturated heterocycles. The zero-order valence-electron chi connectivity index (χ0n) is 8.90. The molecule has 7 heteroatoms. The average molecular weight is 330 g/mol. The Balaban J connectivity index is 2.57. The van der Waals surface area contributed by atoms with Gasteiger partial charge >= 0.3 is 0 Å². The van der Waals surface area contributed by atoms with Crippen LogP contribution < -0.4 is 5.73 Å². The maximum Gasteiger partial charge on any atom is 0.199 e. The molecule has 16 heavy (non-hydrogen) atoms. The van der Waals surface area contributed by atoms with Gasteiger partial charge in [-0.15, -0.1) is 0 Å². The molecule has 2 aromatic heterocycles. The summed E-state index contributed by atoms with van der Waals surface area (Å²) in [4.78, 5) is 12.6. The van der Waals surface area contributed by atoms with Crippen molar-refractivity contribution in [3.63, 3.8) is 0 Å². The standard InChI is InChI=1S/C9H11IN6/c1-4(2)6-5(10)7(11)15-9(14-6)8-12-3-13-16-8/h3-4H,1-2H3,(H2,11,14,15)(H,12,13,16). The molecular formula is C9H11IN6. The van der Waals surface area contributed by atoms with Gasteiger partial charge in [0.15, 0.2) is 11.6 Å². The van der Waals surface area contributed by atoms with Gasteiger partial charge in [-0.1, -0.05) is 13.8 Å². The Morgan fingerprint density at radius 3 is 2.69 bits per heavy atom. The molecule has 2 aromatic rings. The Kier molecular flexibility index (Phi) is 3.03. The second-order valence-corrected chi connectivity index (χ2v) is 4.70. The van der Waals surface area contributed by atoms with Crippen LogP contribution in [0.3, 0.4) is 0 Å². The van der Waals surface area contributed by atoms with Crippen molar-refractivity contribution < 1.29 is 0 Å². The highest BCUT2D eigenvalue weighted by molar-refractivity contribution is 14.1. The lowest BCUT2D eigenvalue weighted by molar-refractivity contribution is 0.808. The number of nitrogens with two attached hydrogens (primary N) is 1. The van der Waals surface area contributed by atoms with Gasteiger partial charge in [0.25, 0.3) is 0 Å². The highest BCUT2D eigenvalue weighted by atomic mass is 127. The predicted octanol–water partition coefficient (Wildman–Crippen LogP) is 1.57. The molecular weight excluding hydrogens is 319 g/mol. The predicted molar refractivity (Wildman–Crippen MR) is 68.6 cm³/mol. The highest BCUT2D eigenvalue weighted by Gasteiger charge is 2.15. The fourth-order valence-electron chi connectivity index (χ4n) is 1.28. The summed E-state index contributed by atoms with van der Waals surface area (Å²) in [6, 6.07) is 0. The third-order valence-corrected chi connectivity index (χ3v) is 3.18. The van der Waals surface area contributed by atoms with Crippen molar-refractivity contribution in [3.8, 4) is 11.6 Å². The van der Waals surface area contributed by atoms with Crippen molar-refractivity contribution in [1.82, 2.24) is 25.1 Å². The third-order valence-electron chi connectivity index (χ3n) is 2.08. The van der Waals surface area contributed by atoms with Crippen LogP contribution in [-0.2, 0) is 0 Å². The number of nitrogens with zero attached hydrogens (tertiary/aromatic N) is 4. The summed E-state index contributed by atoms with van der Waals surface area (Å²) in [5.74, 6) is 1.79. The summed E-state index contributed by atoms with van der Waals surface area (Å²) in [5, 5.41) is 6.49. The van der Waals surface area contributed by atoms with E-state index in [9.17, 15) is 0 Å². The Bertz CT molecular complexity index is 493. The van der Waals surface area contributed by atoms with Crippen molar-refractivity contribution in [2.24, 2.45) is 0 Å². The first-order valence-corrected chi connectivity index (χ1v) is 5.86. The van der Waals surface area contributed by atoms with E-state index < -0.39 is 0 Å². The molecule has 0 aromatic carbocycles. The molecule has 0 unspecified atom stereocenters. The van der Waals surface area contributed by atoms with Crippen molar-refractivity contribution in [3.05, 3.63) is 15.6 Å². The monoisotopic (exact) mass is 330 g/mol. The number of anilines is 1. The minimum Gasteiger partial charge on any atom is -0.383 e. The second kappa shape index (κ2) is 4.32. The molecule has 0 aliphatic rings. The first kappa shape index (κ1) is 11.2. The third kappa shape index (κ3) is 1.99. The van der Waals surface area contributed by atoms with E-state index in [1.807, 2.05) is 0 Å². The van der Waals surface area contributed by atoms with Crippen LogP contribution in [0.4, 0.5) is 5.82 Å². The Hall–Kier alpha value is -1.25. The molecule has 0 spiro atoms. The topological polar surface area (TPSA) is 93.4 Å². The molecule has 0 amide bonds. The van der Waals surface area contributed by atoms with Crippen LogP contribution in [0.5, 0.6) is 0 Å². The van der Waals surface area contributed by atoms with E-state index in [-0.39, 0.29) is 0 Å². The summed E-state index contributed by atoms with van der Waals surface area (Å²) in [7, 11) is 0. The molecule has 0 fully saturated rings. The minimum atomic E-state index is 0.291. The smallest absolute Gasteiger partial charge is 0.199 e. The number of nitrogens with one attached hydrogen (secondary N) is 1. The average Bonchev–Trinajstić information content (AvgIpc) is 2.74. The molecule has 6 nitrogen and oxygen atoms in total. The molecule has 0 aliphatic heterocycles. The van der Waals surface area contributed by atoms with E-state index >= 15 is 0 Å². The summed E-state index contributed by atoms with van der Waals surface area (Å²) >= 11 is 2.16. The minimum absolute atomic E-state index is 0.291. The van der Waals surface area contributed by atoms with Gasteiger partial charge in [-0.25, -0.2) is 15.0 Å². The van der Waals surface area contributed by atoms with Crippen molar-refractivity contribution in [2.75, 3.05) is 5.73 Å². The molecule has 0 bridgehead atoms. The van der Waals surface area contributed by atoms with E-state index in [1.54, 1.807) is 0 Å². The normalized spacial score (nSPS) is 11.0. The molecule has 0 saturated carbocycles. The maximum absolute atomic E-state index is 5.84. The largest absolute Gasteiger partial charge is 0.383 e. The quantitative estimate of drug-likeness (QED) is 0.816. The molecule has 84 valence electrons. The Morgan fingerprint density at radius 2 is 2.12 bits per heavy atom. The van der Waals surface area contributed by atoms with Crippen molar-refractivity contribution in [2.45, 2.75) is 19.8 Å². The lowest BCUT2D eigenvalue weighted by Gasteiger charge is -2.10. The fraction of sp³-hybridized carbons (Fsp3) is 0.333. The van der Waals surface area contributed by atoms with Gasteiger partial charge in [0.1, 0.15) is 12.1 Å². The highest BCUT2D eigenvalue weighted by Crippen LogP contribution is 2.25. The number of hydrogen-bond acceptors (Lipinski definition) is 5. The number of halogens is 1. The van der Waals surface area contributed by atoms with Gasteiger partial charge in [-0.2, -0.15) is 5.10 Å². The number of nitrogen functional groups attached to an aromatic ring is 1. The summed E-state index contributed by atoms with van der Waals surface area (Å²) in [6.07, 6.45) is 1.42. The lowest BCUT2D eigenvalue weighted by atomic mass is 10.1. The van der Waals surface area contributed by atoms with Crippen LogP contribution >= 0.6 is 22.6 Å². The van der Waals surface area contributed by atoms with Gasteiger partial charge in [-0.05, 0) is 28.5 Å². The number of aromatic nitrogens is 5. The first-order valence-electron chi connectivity index (χ1n) is 4.78. The SMILES string of the molecule is CC(C)c1nc(-c2ncn[nH]2)nc(N)c1I. The maximum atomic E-state index is 5.84. The van der Waals surface area contributed by atoms with Gasteiger partial charge in [0.05, 0.1) is 9.26 Å².